The molecule has 1 aliphatic rings. The highest BCUT2D eigenvalue weighted by atomic mass is 32.2. The third-order valence-electron chi connectivity index (χ3n) is 4.29. The van der Waals surface area contributed by atoms with Crippen molar-refractivity contribution in [2.24, 2.45) is 0 Å². The Morgan fingerprint density at radius 1 is 1.15 bits per heavy atom. The Bertz CT molecular complexity index is 872. The highest BCUT2D eigenvalue weighted by molar-refractivity contribution is 7.99. The van der Waals surface area contributed by atoms with Crippen LogP contribution in [0.4, 0.5) is 25.8 Å². The lowest BCUT2D eigenvalue weighted by Crippen LogP contribution is -2.41. The molecule has 8 heteroatoms. The first-order chi connectivity index (χ1) is 12.8. The number of thioether (sulfide) groups is 1. The maximum Gasteiger partial charge on any atom is 0.288 e. The molecule has 5 nitrogen and oxygen atoms in total. The maximum atomic E-state index is 12.3. The first-order valence-electron chi connectivity index (χ1n) is 8.35. The number of alkyl halides is 2. The largest absolute Gasteiger partial charge is 0.372 e. The van der Waals surface area contributed by atoms with Crippen LogP contribution in [0.3, 0.4) is 0 Å². The summed E-state index contributed by atoms with van der Waals surface area (Å²) in [4.78, 5) is 24.9. The zero-order valence-electron chi connectivity index (χ0n) is 14.8. The van der Waals surface area contributed by atoms with E-state index in [2.05, 4.69) is 16.0 Å². The molecule has 0 aromatic heterocycles. The van der Waals surface area contributed by atoms with E-state index in [1.165, 1.54) is 12.1 Å². The van der Waals surface area contributed by atoms with Crippen molar-refractivity contribution in [3.63, 3.8) is 0 Å². The molecule has 2 aromatic carbocycles. The predicted molar refractivity (Wildman–Crippen MR) is 104 cm³/mol. The van der Waals surface area contributed by atoms with Gasteiger partial charge in [0.1, 0.15) is 6.04 Å². The second-order valence-corrected chi connectivity index (χ2v) is 7.39. The van der Waals surface area contributed by atoms with Crippen LogP contribution in [0.25, 0.3) is 0 Å². The summed E-state index contributed by atoms with van der Waals surface area (Å²) in [5.74, 6) is -3.11. The van der Waals surface area contributed by atoms with Gasteiger partial charge in [-0.2, -0.15) is 8.78 Å². The number of amides is 2. The Morgan fingerprint density at radius 2 is 1.78 bits per heavy atom. The number of carbonyl (C=O) groups is 2. The van der Waals surface area contributed by atoms with E-state index in [1.54, 1.807) is 12.1 Å². The fourth-order valence-electron chi connectivity index (χ4n) is 2.77. The van der Waals surface area contributed by atoms with Crippen LogP contribution in [0, 0.1) is 13.8 Å². The molecule has 0 spiro atoms. The van der Waals surface area contributed by atoms with Crippen molar-refractivity contribution in [3.8, 4) is 0 Å². The van der Waals surface area contributed by atoms with E-state index < -0.39 is 11.8 Å². The summed E-state index contributed by atoms with van der Waals surface area (Å²) in [5, 5.41) is 8.60. The number of nitrogens with one attached hydrogen (secondary N) is 3. The van der Waals surface area contributed by atoms with Gasteiger partial charge in [-0.15, -0.1) is 0 Å². The molecule has 0 saturated heterocycles. The summed E-state index contributed by atoms with van der Waals surface area (Å²) in [5.41, 5.74) is 4.13. The van der Waals surface area contributed by atoms with Crippen molar-refractivity contribution in [1.82, 2.24) is 0 Å². The molecule has 0 saturated carbocycles. The van der Waals surface area contributed by atoms with Crippen LogP contribution in [0.2, 0.25) is 0 Å². The summed E-state index contributed by atoms with van der Waals surface area (Å²) in [6.45, 7) is 3.94. The molecule has 1 unspecified atom stereocenters. The Balaban J connectivity index is 1.62. The second kappa shape index (κ2) is 7.96. The molecular weight excluding hydrogens is 372 g/mol. The van der Waals surface area contributed by atoms with Gasteiger partial charge < -0.3 is 16.0 Å². The molecule has 3 N–H and O–H groups in total. The molecule has 2 aromatic rings. The molecule has 1 heterocycles. The first kappa shape index (κ1) is 19.2. The van der Waals surface area contributed by atoms with E-state index in [-0.39, 0.29) is 18.2 Å². The Labute approximate surface area is 159 Å². The summed E-state index contributed by atoms with van der Waals surface area (Å²) in [7, 11) is 0. The van der Waals surface area contributed by atoms with Crippen molar-refractivity contribution < 1.29 is 18.4 Å². The van der Waals surface area contributed by atoms with Crippen molar-refractivity contribution in [2.75, 3.05) is 16.0 Å². The Morgan fingerprint density at radius 3 is 2.41 bits per heavy atom. The summed E-state index contributed by atoms with van der Waals surface area (Å²) >= 11 is 0.441. The third-order valence-corrected chi connectivity index (χ3v) is 5.01. The van der Waals surface area contributed by atoms with Crippen molar-refractivity contribution in [1.29, 1.82) is 0 Å². The molecule has 1 aliphatic heterocycles. The van der Waals surface area contributed by atoms with Crippen LogP contribution in [0.15, 0.2) is 41.3 Å². The monoisotopic (exact) mass is 391 g/mol. The Kier molecular flexibility index (Phi) is 5.65. The van der Waals surface area contributed by atoms with Gasteiger partial charge in [-0.05, 0) is 61.4 Å². The lowest BCUT2D eigenvalue weighted by Gasteiger charge is -2.27. The number of fused-ring (bicyclic) bond motifs is 1. The Hall–Kier alpha value is -2.61. The molecule has 1 atom stereocenters. The minimum atomic E-state index is -2.49. The predicted octanol–water partition coefficient (Wildman–Crippen LogP) is 4.38. The van der Waals surface area contributed by atoms with E-state index in [0.717, 1.165) is 16.8 Å². The standard InChI is InChI=1S/C19H19F2N3O2S/c1-10-7-14-15(8-11(10)2)24-18(26)16(23-14)9-17(25)22-12-3-5-13(6-4-12)27-19(20)21/h3-8,16,19,23H,9H2,1-2H3,(H,22,25)(H,24,26). The van der Waals surface area contributed by atoms with Crippen LogP contribution in [0.5, 0.6) is 0 Å². The molecule has 0 fully saturated rings. The lowest BCUT2D eigenvalue weighted by molar-refractivity contribution is -0.122. The van der Waals surface area contributed by atoms with Crippen LogP contribution >= 0.6 is 11.8 Å². The zero-order valence-corrected chi connectivity index (χ0v) is 15.6. The minimum Gasteiger partial charge on any atom is -0.372 e. The molecule has 2 amide bonds. The fourth-order valence-corrected chi connectivity index (χ4v) is 3.27. The topological polar surface area (TPSA) is 70.2 Å². The quantitative estimate of drug-likeness (QED) is 0.662. The number of aryl methyl sites for hydroxylation is 2. The highest BCUT2D eigenvalue weighted by Crippen LogP contribution is 2.30. The van der Waals surface area contributed by atoms with Crippen LogP contribution < -0.4 is 16.0 Å². The van der Waals surface area contributed by atoms with Crippen LogP contribution in [-0.2, 0) is 9.59 Å². The van der Waals surface area contributed by atoms with Gasteiger partial charge in [0.2, 0.25) is 11.8 Å². The van der Waals surface area contributed by atoms with E-state index in [9.17, 15) is 18.4 Å². The van der Waals surface area contributed by atoms with Crippen LogP contribution in [0.1, 0.15) is 17.5 Å². The van der Waals surface area contributed by atoms with Gasteiger partial charge in [0.25, 0.3) is 5.76 Å². The molecular formula is C19H19F2N3O2S. The number of rotatable bonds is 5. The molecule has 142 valence electrons. The normalized spacial score (nSPS) is 15.7. The average Bonchev–Trinajstić information content (AvgIpc) is 2.59. The highest BCUT2D eigenvalue weighted by Gasteiger charge is 2.28. The number of carbonyl (C=O) groups excluding carboxylic acids is 2. The van der Waals surface area contributed by atoms with E-state index in [0.29, 0.717) is 28.0 Å². The van der Waals surface area contributed by atoms with E-state index in [1.807, 2.05) is 26.0 Å². The third kappa shape index (κ3) is 4.77. The van der Waals surface area contributed by atoms with Gasteiger partial charge in [-0.3, -0.25) is 9.59 Å². The fraction of sp³-hybridized carbons (Fsp3) is 0.263. The smallest absolute Gasteiger partial charge is 0.288 e. The van der Waals surface area contributed by atoms with Crippen molar-refractivity contribution in [3.05, 3.63) is 47.5 Å². The van der Waals surface area contributed by atoms with Crippen molar-refractivity contribution in [2.45, 2.75) is 37.0 Å². The van der Waals surface area contributed by atoms with Gasteiger partial charge in [0.05, 0.1) is 17.8 Å². The molecule has 0 aliphatic carbocycles. The van der Waals surface area contributed by atoms with E-state index >= 15 is 0 Å². The minimum absolute atomic E-state index is 0.0499. The number of halogens is 2. The SMILES string of the molecule is Cc1cc2c(cc1C)NC(CC(=O)Nc1ccc(SC(F)F)cc1)C(=O)N2. The van der Waals surface area contributed by atoms with Gasteiger partial charge in [-0.1, -0.05) is 11.8 Å². The molecule has 0 radical (unpaired) electrons. The maximum absolute atomic E-state index is 12.3. The average molecular weight is 391 g/mol. The number of benzene rings is 2. The number of hydrogen-bond acceptors (Lipinski definition) is 4. The number of anilines is 3. The zero-order chi connectivity index (χ0) is 19.6. The van der Waals surface area contributed by atoms with Gasteiger partial charge in [0, 0.05) is 10.6 Å². The van der Waals surface area contributed by atoms with Gasteiger partial charge in [0.15, 0.2) is 0 Å². The first-order valence-corrected chi connectivity index (χ1v) is 9.23. The van der Waals surface area contributed by atoms with Crippen molar-refractivity contribution >= 4 is 40.6 Å². The molecule has 27 heavy (non-hydrogen) atoms. The number of hydrogen-bond donors (Lipinski definition) is 3. The summed E-state index contributed by atoms with van der Waals surface area (Å²) in [6.07, 6.45) is -0.0499. The lowest BCUT2D eigenvalue weighted by atomic mass is 10.0. The van der Waals surface area contributed by atoms with Gasteiger partial charge >= 0.3 is 0 Å². The molecule has 3 rings (SSSR count). The summed E-state index contributed by atoms with van der Waals surface area (Å²) < 4.78 is 24.7. The summed E-state index contributed by atoms with van der Waals surface area (Å²) in [6, 6.07) is 9.28. The van der Waals surface area contributed by atoms with Gasteiger partial charge in [-0.25, -0.2) is 0 Å². The van der Waals surface area contributed by atoms with Crippen LogP contribution in [-0.4, -0.2) is 23.6 Å². The molecule has 0 bridgehead atoms. The van der Waals surface area contributed by atoms with E-state index in [4.69, 9.17) is 0 Å². The second-order valence-electron chi connectivity index (χ2n) is 6.32.